The number of alkyl halides is 1. The van der Waals surface area contributed by atoms with E-state index in [2.05, 4.69) is 16.8 Å². The van der Waals surface area contributed by atoms with Gasteiger partial charge in [-0.1, -0.05) is 55.6 Å². The van der Waals surface area contributed by atoms with Crippen LogP contribution in [0, 0.1) is 0 Å². The van der Waals surface area contributed by atoms with Crippen molar-refractivity contribution in [1.29, 1.82) is 0 Å². The van der Waals surface area contributed by atoms with E-state index < -0.39 is 6.67 Å². The van der Waals surface area contributed by atoms with Gasteiger partial charge in [0.1, 0.15) is 6.67 Å². The van der Waals surface area contributed by atoms with Crippen molar-refractivity contribution in [3.63, 3.8) is 0 Å². The minimum atomic E-state index is -0.615. The van der Waals surface area contributed by atoms with E-state index in [0.29, 0.717) is 28.6 Å². The normalized spacial score (nSPS) is 11.1. The van der Waals surface area contributed by atoms with Gasteiger partial charge < -0.3 is 9.88 Å². The van der Waals surface area contributed by atoms with Gasteiger partial charge in [0.25, 0.3) is 11.5 Å². The van der Waals surface area contributed by atoms with Gasteiger partial charge in [-0.25, -0.2) is 9.37 Å². The summed E-state index contributed by atoms with van der Waals surface area (Å²) in [6.45, 7) is 2.20. The van der Waals surface area contributed by atoms with Crippen LogP contribution in [0.5, 0.6) is 0 Å². The van der Waals surface area contributed by atoms with Gasteiger partial charge in [-0.15, -0.1) is 0 Å². The van der Waals surface area contributed by atoms with Crippen LogP contribution in [0.4, 0.5) is 4.39 Å². The maximum absolute atomic E-state index is 13.0. The van der Waals surface area contributed by atoms with Crippen molar-refractivity contribution in [3.05, 3.63) is 81.7 Å². The van der Waals surface area contributed by atoms with Gasteiger partial charge in [0, 0.05) is 41.5 Å². The lowest BCUT2D eigenvalue weighted by Crippen LogP contribution is -2.25. The van der Waals surface area contributed by atoms with Crippen LogP contribution >= 0.6 is 11.6 Å². The van der Waals surface area contributed by atoms with Crippen molar-refractivity contribution in [2.24, 2.45) is 0 Å². The number of nitrogens with zero attached hydrogens (tertiary/aromatic N) is 3. The summed E-state index contributed by atoms with van der Waals surface area (Å²) < 4.78 is 16.0. The first-order chi connectivity index (χ1) is 16.5. The van der Waals surface area contributed by atoms with E-state index in [0.717, 1.165) is 36.1 Å². The standard InChI is InChI=1S/C26H26ClFN4O2/c1-2-3-4-15-31-23(19-5-7-20(8-6-19)25(34)29-14-13-28)16-24(33)32-17-22(30-26(31)32)18-9-11-21(27)12-10-18/h5-12,16-17H,2-4,13-15H2,1H3,(H,29,34). The third kappa shape index (κ3) is 5.04. The second-order valence-corrected chi connectivity index (χ2v) is 8.49. The maximum atomic E-state index is 13.0. The van der Waals surface area contributed by atoms with Crippen molar-refractivity contribution in [2.75, 3.05) is 13.2 Å². The maximum Gasteiger partial charge on any atom is 0.259 e. The molecular weight excluding hydrogens is 455 g/mol. The highest BCUT2D eigenvalue weighted by Gasteiger charge is 2.15. The number of aryl methyl sites for hydroxylation is 1. The SMILES string of the molecule is CCCCCn1c(-c2ccc(C(=O)NCCF)cc2)cc(=O)n2cc(-c3ccc(Cl)cc3)nc12. The highest BCUT2D eigenvalue weighted by molar-refractivity contribution is 6.30. The molecule has 0 radical (unpaired) electrons. The topological polar surface area (TPSA) is 68.4 Å². The molecular formula is C26H26ClFN4O2. The number of nitrogens with one attached hydrogen (secondary N) is 1. The summed E-state index contributed by atoms with van der Waals surface area (Å²) >= 11 is 6.02. The molecule has 34 heavy (non-hydrogen) atoms. The zero-order valence-electron chi connectivity index (χ0n) is 18.9. The van der Waals surface area contributed by atoms with Gasteiger partial charge >= 0.3 is 0 Å². The molecule has 2 aromatic heterocycles. The van der Waals surface area contributed by atoms with E-state index >= 15 is 0 Å². The lowest BCUT2D eigenvalue weighted by Gasteiger charge is -2.15. The van der Waals surface area contributed by atoms with Crippen molar-refractivity contribution in [2.45, 2.75) is 32.7 Å². The quantitative estimate of drug-likeness (QED) is 0.327. The molecule has 0 aliphatic heterocycles. The number of hydrogen-bond donors (Lipinski definition) is 1. The highest BCUT2D eigenvalue weighted by Crippen LogP contribution is 2.25. The van der Waals surface area contributed by atoms with Crippen LogP contribution in [0.2, 0.25) is 5.02 Å². The lowest BCUT2D eigenvalue weighted by atomic mass is 10.1. The van der Waals surface area contributed by atoms with Crippen LogP contribution in [0.25, 0.3) is 28.3 Å². The van der Waals surface area contributed by atoms with Crippen LogP contribution in [-0.2, 0) is 6.54 Å². The number of amides is 1. The molecule has 0 bridgehead atoms. The smallest absolute Gasteiger partial charge is 0.259 e. The van der Waals surface area contributed by atoms with Crippen molar-refractivity contribution in [3.8, 4) is 22.5 Å². The zero-order chi connectivity index (χ0) is 24.1. The Bertz CT molecular complexity index is 1340. The summed E-state index contributed by atoms with van der Waals surface area (Å²) in [5, 5.41) is 3.15. The minimum Gasteiger partial charge on any atom is -0.349 e. The largest absolute Gasteiger partial charge is 0.349 e. The molecule has 176 valence electrons. The van der Waals surface area contributed by atoms with Gasteiger partial charge in [-0.05, 0) is 36.2 Å². The molecule has 0 saturated carbocycles. The Labute approximate surface area is 202 Å². The fraction of sp³-hybridized carbons (Fsp3) is 0.269. The number of hydrogen-bond acceptors (Lipinski definition) is 3. The number of imidazole rings is 1. The summed E-state index contributed by atoms with van der Waals surface area (Å²) in [5.74, 6) is 0.231. The molecule has 2 heterocycles. The molecule has 1 amide bonds. The Morgan fingerprint density at radius 1 is 1.06 bits per heavy atom. The fourth-order valence-electron chi connectivity index (χ4n) is 3.89. The minimum absolute atomic E-state index is 0.0238. The van der Waals surface area contributed by atoms with Gasteiger partial charge in [0.2, 0.25) is 5.78 Å². The molecule has 4 aromatic rings. The molecule has 0 aliphatic rings. The predicted molar refractivity (Wildman–Crippen MR) is 133 cm³/mol. The lowest BCUT2D eigenvalue weighted by molar-refractivity contribution is 0.0951. The average molecular weight is 481 g/mol. The summed E-state index contributed by atoms with van der Waals surface area (Å²) in [6, 6.07) is 15.9. The number of halogens is 2. The molecule has 0 atom stereocenters. The van der Waals surface area contributed by atoms with E-state index in [4.69, 9.17) is 16.6 Å². The van der Waals surface area contributed by atoms with E-state index in [1.54, 1.807) is 53.1 Å². The third-order valence-electron chi connectivity index (χ3n) is 5.67. The Kier molecular flexibility index (Phi) is 7.43. The molecule has 0 saturated heterocycles. The molecule has 1 N–H and O–H groups in total. The van der Waals surface area contributed by atoms with Crippen LogP contribution < -0.4 is 10.9 Å². The second kappa shape index (κ2) is 10.7. The summed E-state index contributed by atoms with van der Waals surface area (Å²) in [4.78, 5) is 30.0. The third-order valence-corrected chi connectivity index (χ3v) is 5.92. The van der Waals surface area contributed by atoms with Crippen LogP contribution in [-0.4, -0.2) is 33.1 Å². The Balaban J connectivity index is 1.79. The number of unbranched alkanes of at least 4 members (excludes halogenated alkanes) is 2. The Morgan fingerprint density at radius 3 is 2.44 bits per heavy atom. The van der Waals surface area contributed by atoms with Crippen LogP contribution in [0.1, 0.15) is 36.5 Å². The number of fused-ring (bicyclic) bond motifs is 1. The summed E-state index contributed by atoms with van der Waals surface area (Å²) in [7, 11) is 0. The van der Waals surface area contributed by atoms with E-state index in [-0.39, 0.29) is 18.0 Å². The first-order valence-electron chi connectivity index (χ1n) is 11.3. The van der Waals surface area contributed by atoms with E-state index in [9.17, 15) is 14.0 Å². The molecule has 8 heteroatoms. The van der Waals surface area contributed by atoms with Crippen molar-refractivity contribution in [1.82, 2.24) is 19.3 Å². The number of aromatic nitrogens is 3. The molecule has 0 fully saturated rings. The predicted octanol–water partition coefficient (Wildman–Crippen LogP) is 5.37. The van der Waals surface area contributed by atoms with E-state index in [1.807, 2.05) is 12.1 Å². The number of benzene rings is 2. The molecule has 2 aromatic carbocycles. The van der Waals surface area contributed by atoms with Crippen LogP contribution in [0.15, 0.2) is 65.6 Å². The second-order valence-electron chi connectivity index (χ2n) is 8.05. The Morgan fingerprint density at radius 2 is 1.76 bits per heavy atom. The Hall–Kier alpha value is -3.45. The highest BCUT2D eigenvalue weighted by atomic mass is 35.5. The molecule has 0 aliphatic carbocycles. The molecule has 0 spiro atoms. The van der Waals surface area contributed by atoms with Gasteiger partial charge in [-0.2, -0.15) is 0 Å². The van der Waals surface area contributed by atoms with Gasteiger partial charge in [0.05, 0.1) is 11.4 Å². The van der Waals surface area contributed by atoms with Crippen molar-refractivity contribution < 1.29 is 9.18 Å². The molecule has 4 rings (SSSR count). The summed E-state index contributed by atoms with van der Waals surface area (Å²) in [5.41, 5.74) is 3.35. The zero-order valence-corrected chi connectivity index (χ0v) is 19.7. The number of rotatable bonds is 9. The fourth-order valence-corrected chi connectivity index (χ4v) is 4.02. The number of carbonyl (C=O) groups is 1. The number of carbonyl (C=O) groups excluding carboxylic acids is 1. The van der Waals surface area contributed by atoms with E-state index in [1.165, 1.54) is 0 Å². The van der Waals surface area contributed by atoms with Gasteiger partial charge in [-0.3, -0.25) is 14.0 Å². The van der Waals surface area contributed by atoms with Crippen molar-refractivity contribution >= 4 is 23.3 Å². The first-order valence-corrected chi connectivity index (χ1v) is 11.7. The summed E-state index contributed by atoms with van der Waals surface area (Å²) in [6.07, 6.45) is 4.81. The van der Waals surface area contributed by atoms with Gasteiger partial charge in [0.15, 0.2) is 0 Å². The molecule has 0 unspecified atom stereocenters. The average Bonchev–Trinajstić information content (AvgIpc) is 3.30. The monoisotopic (exact) mass is 480 g/mol. The molecule has 6 nitrogen and oxygen atoms in total. The van der Waals surface area contributed by atoms with Crippen LogP contribution in [0.3, 0.4) is 0 Å². The first kappa shape index (κ1) is 23.7.